The fourth-order valence-corrected chi connectivity index (χ4v) is 4.28. The second kappa shape index (κ2) is 12.9. The number of esters is 1. The number of carbonyl (C=O) groups is 3. The number of hydrogen-bond donors (Lipinski definition) is 2. The van der Waals surface area contributed by atoms with Crippen molar-refractivity contribution in [1.82, 2.24) is 10.2 Å². The molecule has 0 bridgehead atoms. The summed E-state index contributed by atoms with van der Waals surface area (Å²) in [6.07, 6.45) is 0.727. The number of benzene rings is 1. The van der Waals surface area contributed by atoms with Gasteiger partial charge in [0.25, 0.3) is 0 Å². The van der Waals surface area contributed by atoms with Crippen LogP contribution < -0.4 is 10.6 Å². The standard InChI is InChI=1S/C23H31N3O5S/c1-5-31-23(29)21-20(17-10-7-6-8-11-17)16(2)32-22(21)25-19(28)15-26(3)14-18(27)24-12-9-13-30-4/h6-8,10-11H,5,9,12-15H2,1-4H3,(H,24,27)(H,25,28). The SMILES string of the molecule is CCOC(=O)c1c(NC(=O)CN(C)CC(=O)NCCCOC)sc(C)c1-c1ccccc1. The highest BCUT2D eigenvalue weighted by Gasteiger charge is 2.25. The van der Waals surface area contributed by atoms with Crippen LogP contribution >= 0.6 is 11.3 Å². The van der Waals surface area contributed by atoms with Crippen molar-refractivity contribution >= 4 is 34.1 Å². The molecule has 1 aromatic heterocycles. The summed E-state index contributed by atoms with van der Waals surface area (Å²) in [5, 5.41) is 6.07. The van der Waals surface area contributed by atoms with Gasteiger partial charge in [-0.05, 0) is 32.9 Å². The van der Waals surface area contributed by atoms with Gasteiger partial charge in [-0.25, -0.2) is 4.79 Å². The number of likely N-dealkylation sites (N-methyl/N-ethyl adjacent to an activating group) is 1. The zero-order valence-corrected chi connectivity index (χ0v) is 19.8. The van der Waals surface area contributed by atoms with Crippen LogP contribution in [0.1, 0.15) is 28.6 Å². The third-order valence-corrected chi connectivity index (χ3v) is 5.57. The quantitative estimate of drug-likeness (QED) is 0.373. The molecule has 2 amide bonds. The fraction of sp³-hybridized carbons (Fsp3) is 0.435. The summed E-state index contributed by atoms with van der Waals surface area (Å²) < 4.78 is 10.2. The lowest BCUT2D eigenvalue weighted by atomic mass is 10.0. The van der Waals surface area contributed by atoms with Crippen molar-refractivity contribution in [3.8, 4) is 11.1 Å². The van der Waals surface area contributed by atoms with Crippen LogP contribution in [0.4, 0.5) is 5.00 Å². The molecular formula is C23H31N3O5S. The molecular weight excluding hydrogens is 430 g/mol. The predicted molar refractivity (Wildman–Crippen MR) is 126 cm³/mol. The first-order valence-electron chi connectivity index (χ1n) is 10.5. The topological polar surface area (TPSA) is 97.0 Å². The van der Waals surface area contributed by atoms with Gasteiger partial charge >= 0.3 is 5.97 Å². The lowest BCUT2D eigenvalue weighted by Crippen LogP contribution is -2.39. The van der Waals surface area contributed by atoms with E-state index >= 15 is 0 Å². The van der Waals surface area contributed by atoms with Crippen LogP contribution in [0.5, 0.6) is 0 Å². The van der Waals surface area contributed by atoms with E-state index in [1.165, 1.54) is 11.3 Å². The molecule has 8 nitrogen and oxygen atoms in total. The minimum Gasteiger partial charge on any atom is -0.462 e. The number of rotatable bonds is 12. The molecule has 0 unspecified atom stereocenters. The van der Waals surface area contributed by atoms with Gasteiger partial charge < -0.3 is 20.1 Å². The van der Waals surface area contributed by atoms with E-state index in [0.29, 0.717) is 23.7 Å². The van der Waals surface area contributed by atoms with Gasteiger partial charge in [-0.1, -0.05) is 30.3 Å². The Bertz CT molecular complexity index is 914. The zero-order valence-electron chi connectivity index (χ0n) is 19.0. The number of methoxy groups -OCH3 is 1. The van der Waals surface area contributed by atoms with Crippen molar-refractivity contribution in [2.45, 2.75) is 20.3 Å². The number of amides is 2. The summed E-state index contributed by atoms with van der Waals surface area (Å²) in [5.74, 6) is -0.956. The van der Waals surface area contributed by atoms with E-state index in [9.17, 15) is 14.4 Å². The Kier molecular flexibility index (Phi) is 10.3. The normalized spacial score (nSPS) is 10.8. The first-order chi connectivity index (χ1) is 15.4. The molecule has 174 valence electrons. The maximum absolute atomic E-state index is 12.7. The molecule has 0 saturated carbocycles. The minimum absolute atomic E-state index is 0.00533. The third-order valence-electron chi connectivity index (χ3n) is 4.55. The summed E-state index contributed by atoms with van der Waals surface area (Å²) in [7, 11) is 3.30. The maximum Gasteiger partial charge on any atom is 0.341 e. The summed E-state index contributed by atoms with van der Waals surface area (Å²) in [6, 6.07) is 9.54. The molecule has 0 radical (unpaired) electrons. The number of carbonyl (C=O) groups excluding carboxylic acids is 3. The van der Waals surface area contributed by atoms with Gasteiger partial charge in [0.2, 0.25) is 11.8 Å². The number of thiophene rings is 1. The molecule has 0 aliphatic carbocycles. The predicted octanol–water partition coefficient (Wildman–Crippen LogP) is 2.92. The average molecular weight is 462 g/mol. The molecule has 0 atom stereocenters. The highest BCUT2D eigenvalue weighted by Crippen LogP contribution is 2.40. The van der Waals surface area contributed by atoms with Crippen LogP contribution in [-0.2, 0) is 19.1 Å². The zero-order chi connectivity index (χ0) is 23.5. The van der Waals surface area contributed by atoms with Crippen molar-refractivity contribution in [3.05, 3.63) is 40.8 Å². The Labute approximate surface area is 192 Å². The van der Waals surface area contributed by atoms with E-state index in [-0.39, 0.29) is 31.5 Å². The van der Waals surface area contributed by atoms with E-state index in [1.807, 2.05) is 37.3 Å². The first-order valence-corrected chi connectivity index (χ1v) is 11.3. The Morgan fingerprint density at radius 2 is 1.78 bits per heavy atom. The number of hydrogen-bond acceptors (Lipinski definition) is 7. The van der Waals surface area contributed by atoms with Gasteiger partial charge in [0, 0.05) is 30.7 Å². The van der Waals surface area contributed by atoms with Crippen LogP contribution in [0.2, 0.25) is 0 Å². The van der Waals surface area contributed by atoms with E-state index in [1.54, 1.807) is 26.0 Å². The highest BCUT2D eigenvalue weighted by atomic mass is 32.1. The molecule has 0 spiro atoms. The second-order valence-corrected chi connectivity index (χ2v) is 8.47. The fourth-order valence-electron chi connectivity index (χ4n) is 3.20. The summed E-state index contributed by atoms with van der Waals surface area (Å²) in [5.41, 5.74) is 1.99. The monoisotopic (exact) mass is 461 g/mol. The van der Waals surface area contributed by atoms with Crippen molar-refractivity contribution in [3.63, 3.8) is 0 Å². The summed E-state index contributed by atoms with van der Waals surface area (Å²) in [4.78, 5) is 39.9. The molecule has 9 heteroatoms. The lowest BCUT2D eigenvalue weighted by Gasteiger charge is -2.16. The largest absolute Gasteiger partial charge is 0.462 e. The van der Waals surface area contributed by atoms with E-state index in [0.717, 1.165) is 22.4 Å². The Morgan fingerprint density at radius 3 is 2.44 bits per heavy atom. The van der Waals surface area contributed by atoms with Crippen LogP contribution in [0.15, 0.2) is 30.3 Å². The molecule has 0 aliphatic heterocycles. The van der Waals surface area contributed by atoms with E-state index in [2.05, 4.69) is 10.6 Å². The van der Waals surface area contributed by atoms with Crippen LogP contribution in [-0.4, -0.2) is 69.7 Å². The van der Waals surface area contributed by atoms with Crippen molar-refractivity contribution < 1.29 is 23.9 Å². The van der Waals surface area contributed by atoms with Crippen molar-refractivity contribution in [1.29, 1.82) is 0 Å². The molecule has 0 saturated heterocycles. The smallest absolute Gasteiger partial charge is 0.341 e. The number of nitrogens with one attached hydrogen (secondary N) is 2. The Hall–Kier alpha value is -2.75. The molecule has 2 N–H and O–H groups in total. The van der Waals surface area contributed by atoms with Crippen LogP contribution in [0.25, 0.3) is 11.1 Å². The van der Waals surface area contributed by atoms with Gasteiger partial charge in [-0.3, -0.25) is 14.5 Å². The lowest BCUT2D eigenvalue weighted by molar-refractivity contribution is -0.123. The van der Waals surface area contributed by atoms with E-state index < -0.39 is 5.97 Å². The van der Waals surface area contributed by atoms with Crippen LogP contribution in [0.3, 0.4) is 0 Å². The number of ether oxygens (including phenoxy) is 2. The second-order valence-electron chi connectivity index (χ2n) is 7.24. The molecule has 1 heterocycles. The molecule has 0 fully saturated rings. The number of aryl methyl sites for hydroxylation is 1. The first kappa shape index (κ1) is 25.5. The van der Waals surface area contributed by atoms with Gasteiger partial charge in [-0.15, -0.1) is 11.3 Å². The van der Waals surface area contributed by atoms with Gasteiger partial charge in [-0.2, -0.15) is 0 Å². The third kappa shape index (κ3) is 7.44. The number of nitrogens with zero attached hydrogens (tertiary/aromatic N) is 1. The van der Waals surface area contributed by atoms with Gasteiger partial charge in [0.1, 0.15) is 10.6 Å². The van der Waals surface area contributed by atoms with Crippen LogP contribution in [0, 0.1) is 6.92 Å². The van der Waals surface area contributed by atoms with Gasteiger partial charge in [0.15, 0.2) is 0 Å². The average Bonchev–Trinajstić information content (AvgIpc) is 3.07. The van der Waals surface area contributed by atoms with Crippen molar-refractivity contribution in [2.24, 2.45) is 0 Å². The number of anilines is 1. The minimum atomic E-state index is -0.477. The molecule has 2 aromatic rings. The Balaban J connectivity index is 2.09. The Morgan fingerprint density at radius 1 is 1.09 bits per heavy atom. The molecule has 0 aliphatic rings. The highest BCUT2D eigenvalue weighted by molar-refractivity contribution is 7.17. The maximum atomic E-state index is 12.7. The molecule has 2 rings (SSSR count). The van der Waals surface area contributed by atoms with Crippen molar-refractivity contribution in [2.75, 3.05) is 52.3 Å². The van der Waals surface area contributed by atoms with Gasteiger partial charge in [0.05, 0.1) is 19.7 Å². The summed E-state index contributed by atoms with van der Waals surface area (Å²) in [6.45, 7) is 5.07. The molecule has 1 aromatic carbocycles. The molecule has 32 heavy (non-hydrogen) atoms. The van der Waals surface area contributed by atoms with E-state index in [4.69, 9.17) is 9.47 Å². The summed E-state index contributed by atoms with van der Waals surface area (Å²) >= 11 is 1.33.